The quantitative estimate of drug-likeness (QED) is 0.618. The minimum absolute atomic E-state index is 0.0964. The Balaban J connectivity index is 2.07. The molecule has 0 saturated carbocycles. The summed E-state index contributed by atoms with van der Waals surface area (Å²) in [5.41, 5.74) is 1.61. The van der Waals surface area contributed by atoms with Crippen LogP contribution >= 0.6 is 0 Å². The van der Waals surface area contributed by atoms with Crippen LogP contribution in [0.3, 0.4) is 0 Å². The number of ether oxygens (including phenoxy) is 3. The number of benzene rings is 2. The Hall–Kier alpha value is -2.95. The van der Waals surface area contributed by atoms with Gasteiger partial charge in [0.2, 0.25) is 0 Å². The zero-order valence-corrected chi connectivity index (χ0v) is 15.2. The summed E-state index contributed by atoms with van der Waals surface area (Å²) in [5, 5.41) is 0.512. The van der Waals surface area contributed by atoms with Gasteiger partial charge in [0.15, 0.2) is 16.9 Å². The van der Waals surface area contributed by atoms with Gasteiger partial charge in [-0.1, -0.05) is 6.07 Å². The fourth-order valence-electron chi connectivity index (χ4n) is 2.78. The second-order valence-corrected chi connectivity index (χ2v) is 5.60. The second-order valence-electron chi connectivity index (χ2n) is 5.60. The topological polar surface area (TPSA) is 57.9 Å². The summed E-state index contributed by atoms with van der Waals surface area (Å²) in [4.78, 5) is 12.9. The van der Waals surface area contributed by atoms with E-state index in [0.717, 1.165) is 5.56 Å². The number of hydrogen-bond acceptors (Lipinski definition) is 5. The van der Waals surface area contributed by atoms with Gasteiger partial charge in [-0.25, -0.2) is 0 Å². The van der Waals surface area contributed by atoms with Gasteiger partial charge in [0.05, 0.1) is 30.8 Å². The zero-order chi connectivity index (χ0) is 18.5. The predicted molar refractivity (Wildman–Crippen MR) is 101 cm³/mol. The van der Waals surface area contributed by atoms with Crippen LogP contribution in [0.5, 0.6) is 17.2 Å². The van der Waals surface area contributed by atoms with E-state index in [1.54, 1.807) is 24.3 Å². The zero-order valence-electron chi connectivity index (χ0n) is 15.2. The lowest BCUT2D eigenvalue weighted by Gasteiger charge is -2.12. The second kappa shape index (κ2) is 7.95. The van der Waals surface area contributed by atoms with E-state index >= 15 is 0 Å². The van der Waals surface area contributed by atoms with Crippen LogP contribution in [0, 0.1) is 0 Å². The SMILES string of the molecule is CCOc1ccc2c(=O)c(-c3ccc(OCC)c(OCC)c3)coc2c1. The highest BCUT2D eigenvalue weighted by Crippen LogP contribution is 2.32. The lowest BCUT2D eigenvalue weighted by atomic mass is 10.0. The molecular formula is C21H22O5. The van der Waals surface area contributed by atoms with Crippen molar-refractivity contribution in [2.75, 3.05) is 19.8 Å². The van der Waals surface area contributed by atoms with Gasteiger partial charge in [-0.05, 0) is 50.6 Å². The summed E-state index contributed by atoms with van der Waals surface area (Å²) in [7, 11) is 0. The Morgan fingerprint density at radius 2 is 1.58 bits per heavy atom. The van der Waals surface area contributed by atoms with E-state index in [4.69, 9.17) is 18.6 Å². The van der Waals surface area contributed by atoms with Crippen molar-refractivity contribution in [2.45, 2.75) is 20.8 Å². The molecule has 26 heavy (non-hydrogen) atoms. The van der Waals surface area contributed by atoms with Gasteiger partial charge in [0.1, 0.15) is 17.6 Å². The van der Waals surface area contributed by atoms with Crippen molar-refractivity contribution in [2.24, 2.45) is 0 Å². The van der Waals surface area contributed by atoms with E-state index < -0.39 is 0 Å². The van der Waals surface area contributed by atoms with E-state index in [0.29, 0.717) is 53.6 Å². The molecule has 0 aliphatic rings. The number of hydrogen-bond donors (Lipinski definition) is 0. The highest BCUT2D eigenvalue weighted by atomic mass is 16.5. The third-order valence-electron chi connectivity index (χ3n) is 3.91. The molecule has 1 aromatic heterocycles. The molecule has 5 heteroatoms. The summed E-state index contributed by atoms with van der Waals surface area (Å²) < 4.78 is 22.4. The Morgan fingerprint density at radius 3 is 2.31 bits per heavy atom. The number of rotatable bonds is 7. The highest BCUT2D eigenvalue weighted by Gasteiger charge is 2.13. The first-order chi connectivity index (χ1) is 12.7. The molecule has 0 radical (unpaired) electrons. The van der Waals surface area contributed by atoms with Crippen LogP contribution in [0.2, 0.25) is 0 Å². The standard InChI is InChI=1S/C21H22O5/c1-4-23-15-8-9-16-19(12-15)26-13-17(21(16)22)14-7-10-18(24-5-2)20(11-14)25-6-3/h7-13H,4-6H2,1-3H3. The highest BCUT2D eigenvalue weighted by molar-refractivity contribution is 5.83. The van der Waals surface area contributed by atoms with Gasteiger partial charge >= 0.3 is 0 Å². The first-order valence-corrected chi connectivity index (χ1v) is 8.76. The van der Waals surface area contributed by atoms with Gasteiger partial charge in [-0.3, -0.25) is 4.79 Å². The van der Waals surface area contributed by atoms with Crippen molar-refractivity contribution in [1.29, 1.82) is 0 Å². The Bertz CT molecular complexity index is 958. The Labute approximate surface area is 152 Å². The molecule has 0 bridgehead atoms. The van der Waals surface area contributed by atoms with E-state index in [-0.39, 0.29) is 5.43 Å². The van der Waals surface area contributed by atoms with Gasteiger partial charge in [-0.15, -0.1) is 0 Å². The average molecular weight is 354 g/mol. The minimum atomic E-state index is -0.0964. The van der Waals surface area contributed by atoms with Crippen molar-refractivity contribution >= 4 is 11.0 Å². The predicted octanol–water partition coefficient (Wildman–Crippen LogP) is 4.66. The lowest BCUT2D eigenvalue weighted by molar-refractivity contribution is 0.288. The fourth-order valence-corrected chi connectivity index (χ4v) is 2.78. The molecule has 0 N–H and O–H groups in total. The van der Waals surface area contributed by atoms with E-state index in [1.807, 2.05) is 32.9 Å². The van der Waals surface area contributed by atoms with Crippen LogP contribution in [0.4, 0.5) is 0 Å². The molecule has 0 fully saturated rings. The maximum absolute atomic E-state index is 12.9. The first-order valence-electron chi connectivity index (χ1n) is 8.76. The molecule has 0 amide bonds. The molecule has 3 aromatic rings. The third-order valence-corrected chi connectivity index (χ3v) is 3.91. The molecule has 1 heterocycles. The third kappa shape index (κ3) is 3.52. The molecule has 0 spiro atoms. The fraction of sp³-hybridized carbons (Fsp3) is 0.286. The minimum Gasteiger partial charge on any atom is -0.494 e. The van der Waals surface area contributed by atoms with Gasteiger partial charge in [0.25, 0.3) is 0 Å². The molecule has 0 atom stereocenters. The Kier molecular flexibility index (Phi) is 5.46. The van der Waals surface area contributed by atoms with Gasteiger partial charge < -0.3 is 18.6 Å². The summed E-state index contributed by atoms with van der Waals surface area (Å²) in [6, 6.07) is 10.7. The molecule has 3 rings (SSSR count). The molecule has 2 aromatic carbocycles. The molecule has 5 nitrogen and oxygen atoms in total. The maximum atomic E-state index is 12.9. The molecular weight excluding hydrogens is 332 g/mol. The first kappa shape index (κ1) is 17.9. The average Bonchev–Trinajstić information content (AvgIpc) is 2.64. The lowest BCUT2D eigenvalue weighted by Crippen LogP contribution is -2.06. The van der Waals surface area contributed by atoms with Crippen LogP contribution in [0.15, 0.2) is 51.9 Å². The van der Waals surface area contributed by atoms with E-state index in [9.17, 15) is 4.79 Å². The van der Waals surface area contributed by atoms with Crippen LogP contribution in [0.1, 0.15) is 20.8 Å². The molecule has 0 unspecified atom stereocenters. The van der Waals surface area contributed by atoms with Gasteiger partial charge in [0, 0.05) is 6.07 Å². The van der Waals surface area contributed by atoms with Crippen molar-refractivity contribution in [3.8, 4) is 28.4 Å². The summed E-state index contributed by atoms with van der Waals surface area (Å²) in [6.45, 7) is 7.34. The molecule has 0 aliphatic carbocycles. The van der Waals surface area contributed by atoms with Gasteiger partial charge in [-0.2, -0.15) is 0 Å². The van der Waals surface area contributed by atoms with E-state index in [2.05, 4.69) is 0 Å². The van der Waals surface area contributed by atoms with Crippen molar-refractivity contribution in [3.63, 3.8) is 0 Å². The van der Waals surface area contributed by atoms with E-state index in [1.165, 1.54) is 6.26 Å². The number of fused-ring (bicyclic) bond motifs is 1. The summed E-state index contributed by atoms with van der Waals surface area (Å²) in [5.74, 6) is 1.94. The van der Waals surface area contributed by atoms with Crippen LogP contribution in [-0.4, -0.2) is 19.8 Å². The largest absolute Gasteiger partial charge is 0.494 e. The molecule has 136 valence electrons. The van der Waals surface area contributed by atoms with Crippen molar-refractivity contribution < 1.29 is 18.6 Å². The van der Waals surface area contributed by atoms with Crippen LogP contribution < -0.4 is 19.6 Å². The van der Waals surface area contributed by atoms with Crippen molar-refractivity contribution in [3.05, 3.63) is 52.9 Å². The maximum Gasteiger partial charge on any atom is 0.200 e. The van der Waals surface area contributed by atoms with Crippen LogP contribution in [0.25, 0.3) is 22.1 Å². The summed E-state index contributed by atoms with van der Waals surface area (Å²) in [6.07, 6.45) is 1.48. The Morgan fingerprint density at radius 1 is 0.846 bits per heavy atom. The van der Waals surface area contributed by atoms with Crippen LogP contribution in [-0.2, 0) is 0 Å². The monoisotopic (exact) mass is 354 g/mol. The van der Waals surface area contributed by atoms with Crippen molar-refractivity contribution in [1.82, 2.24) is 0 Å². The smallest absolute Gasteiger partial charge is 0.200 e. The molecule has 0 saturated heterocycles. The normalized spacial score (nSPS) is 10.7. The summed E-state index contributed by atoms with van der Waals surface area (Å²) >= 11 is 0. The molecule has 0 aliphatic heterocycles.